The van der Waals surface area contributed by atoms with Crippen LogP contribution in [0.25, 0.3) is 11.0 Å². The Morgan fingerprint density at radius 3 is 2.72 bits per heavy atom. The lowest BCUT2D eigenvalue weighted by Gasteiger charge is -2.19. The van der Waals surface area contributed by atoms with E-state index < -0.39 is 0 Å². The Balaban J connectivity index is 1.88. The van der Waals surface area contributed by atoms with Crippen LogP contribution < -0.4 is 5.32 Å². The van der Waals surface area contributed by atoms with E-state index in [1.54, 1.807) is 13.0 Å². The van der Waals surface area contributed by atoms with E-state index in [2.05, 4.69) is 34.2 Å². The van der Waals surface area contributed by atoms with E-state index in [-0.39, 0.29) is 11.7 Å². The van der Waals surface area contributed by atoms with E-state index >= 15 is 0 Å². The molecule has 0 aliphatic heterocycles. The number of para-hydroxylation sites is 2. The maximum atomic E-state index is 12.4. The summed E-state index contributed by atoms with van der Waals surface area (Å²) in [6.45, 7) is 9.67. The molecule has 0 fully saturated rings. The number of hydrogen-bond donors (Lipinski definition) is 1. The maximum Gasteiger partial charge on any atom is 0.296 e. The first-order valence-corrected chi connectivity index (χ1v) is 8.54. The summed E-state index contributed by atoms with van der Waals surface area (Å²) in [5, 5.41) is 6.61. The van der Waals surface area contributed by atoms with Crippen LogP contribution in [0.2, 0.25) is 0 Å². The van der Waals surface area contributed by atoms with Crippen LogP contribution in [0.15, 0.2) is 34.9 Å². The van der Waals surface area contributed by atoms with Gasteiger partial charge in [-0.05, 0) is 32.1 Å². The van der Waals surface area contributed by atoms with E-state index in [1.165, 1.54) is 0 Å². The van der Waals surface area contributed by atoms with Crippen LogP contribution in [0.3, 0.4) is 0 Å². The summed E-state index contributed by atoms with van der Waals surface area (Å²) in [5.74, 6) is 0.354. The number of rotatable bonds is 7. The predicted molar refractivity (Wildman–Crippen MR) is 96.7 cm³/mol. The van der Waals surface area contributed by atoms with Gasteiger partial charge in [0.05, 0.1) is 16.7 Å². The molecule has 2 aromatic heterocycles. The van der Waals surface area contributed by atoms with Gasteiger partial charge in [0, 0.05) is 19.2 Å². The van der Waals surface area contributed by atoms with Crippen molar-refractivity contribution in [3.63, 3.8) is 0 Å². The molecule has 0 radical (unpaired) electrons. The molecule has 1 N–H and O–H groups in total. The number of carbonyl (C=O) groups excluding carboxylic acids is 1. The van der Waals surface area contributed by atoms with Gasteiger partial charge in [-0.3, -0.25) is 10.1 Å². The lowest BCUT2D eigenvalue weighted by atomic mass is 10.3. The highest BCUT2D eigenvalue weighted by Crippen LogP contribution is 2.20. The van der Waals surface area contributed by atoms with Gasteiger partial charge in [0.15, 0.2) is 0 Å². The van der Waals surface area contributed by atoms with E-state index in [4.69, 9.17) is 4.52 Å². The van der Waals surface area contributed by atoms with Crippen molar-refractivity contribution in [2.24, 2.45) is 0 Å². The van der Waals surface area contributed by atoms with Crippen LogP contribution in [-0.4, -0.2) is 45.1 Å². The topological polar surface area (TPSA) is 76.2 Å². The summed E-state index contributed by atoms with van der Waals surface area (Å²) in [6, 6.07) is 9.48. The van der Waals surface area contributed by atoms with Gasteiger partial charge < -0.3 is 14.0 Å². The molecule has 0 spiro atoms. The van der Waals surface area contributed by atoms with Crippen molar-refractivity contribution in [2.45, 2.75) is 27.3 Å². The molecular weight excluding hydrogens is 318 g/mol. The first-order valence-electron chi connectivity index (χ1n) is 8.54. The Labute approximate surface area is 146 Å². The van der Waals surface area contributed by atoms with Crippen molar-refractivity contribution < 1.29 is 9.32 Å². The predicted octanol–water partition coefficient (Wildman–Crippen LogP) is 2.93. The van der Waals surface area contributed by atoms with Crippen molar-refractivity contribution in [3.05, 3.63) is 41.8 Å². The number of amides is 1. The number of anilines is 1. The second-order valence-corrected chi connectivity index (χ2v) is 5.89. The second kappa shape index (κ2) is 7.48. The third-order valence-corrected chi connectivity index (χ3v) is 4.27. The highest BCUT2D eigenvalue weighted by molar-refractivity contribution is 6.02. The molecule has 7 nitrogen and oxygen atoms in total. The third kappa shape index (κ3) is 3.71. The highest BCUT2D eigenvalue weighted by Gasteiger charge is 2.17. The summed E-state index contributed by atoms with van der Waals surface area (Å²) >= 11 is 0. The molecule has 0 saturated carbocycles. The molecular formula is C18H23N5O2. The molecule has 1 aromatic carbocycles. The Hall–Kier alpha value is -2.67. The fraction of sp³-hybridized carbons (Fsp3) is 0.389. The standard InChI is InChI=1S/C18H23N5O2/c1-4-22(5-2)10-11-23-15-9-7-6-8-14(15)19-18(23)20-17(24)16-12-13(3)21-25-16/h6-9,12H,4-5,10-11H2,1-3H3,(H,19,20,24). The van der Waals surface area contributed by atoms with Crippen molar-refractivity contribution in [1.82, 2.24) is 19.6 Å². The summed E-state index contributed by atoms with van der Waals surface area (Å²) in [5.41, 5.74) is 2.52. The number of hydrogen-bond acceptors (Lipinski definition) is 5. The quantitative estimate of drug-likeness (QED) is 0.715. The third-order valence-electron chi connectivity index (χ3n) is 4.27. The minimum absolute atomic E-state index is 0.180. The maximum absolute atomic E-state index is 12.4. The van der Waals surface area contributed by atoms with Crippen molar-refractivity contribution in [2.75, 3.05) is 25.0 Å². The molecule has 0 aliphatic carbocycles. The molecule has 25 heavy (non-hydrogen) atoms. The van der Waals surface area contributed by atoms with Gasteiger partial charge in [0.25, 0.3) is 5.91 Å². The molecule has 0 atom stereocenters. The average Bonchev–Trinajstić information content (AvgIpc) is 3.20. The summed E-state index contributed by atoms with van der Waals surface area (Å²) in [4.78, 5) is 19.3. The van der Waals surface area contributed by atoms with Crippen LogP contribution in [-0.2, 0) is 6.54 Å². The lowest BCUT2D eigenvalue weighted by Crippen LogP contribution is -2.27. The number of benzene rings is 1. The molecule has 0 saturated heterocycles. The summed E-state index contributed by atoms with van der Waals surface area (Å²) < 4.78 is 7.07. The van der Waals surface area contributed by atoms with Crippen molar-refractivity contribution >= 4 is 22.9 Å². The van der Waals surface area contributed by atoms with E-state index in [0.717, 1.165) is 37.2 Å². The van der Waals surface area contributed by atoms with Crippen molar-refractivity contribution in [1.29, 1.82) is 0 Å². The largest absolute Gasteiger partial charge is 0.351 e. The number of fused-ring (bicyclic) bond motifs is 1. The van der Waals surface area contributed by atoms with Crippen LogP contribution >= 0.6 is 0 Å². The minimum Gasteiger partial charge on any atom is -0.351 e. The number of carbonyl (C=O) groups is 1. The van der Waals surface area contributed by atoms with Crippen molar-refractivity contribution in [3.8, 4) is 0 Å². The zero-order valence-electron chi connectivity index (χ0n) is 14.8. The fourth-order valence-electron chi connectivity index (χ4n) is 2.81. The van der Waals surface area contributed by atoms with Crippen LogP contribution in [0, 0.1) is 6.92 Å². The first kappa shape index (κ1) is 17.2. The van der Waals surface area contributed by atoms with Gasteiger partial charge in [-0.2, -0.15) is 0 Å². The smallest absolute Gasteiger partial charge is 0.296 e. The molecule has 2 heterocycles. The Kier molecular flexibility index (Phi) is 5.14. The molecule has 7 heteroatoms. The number of nitrogens with one attached hydrogen (secondary N) is 1. The van der Waals surface area contributed by atoms with Gasteiger partial charge >= 0.3 is 0 Å². The first-order chi connectivity index (χ1) is 12.1. The number of aromatic nitrogens is 3. The lowest BCUT2D eigenvalue weighted by molar-refractivity contribution is 0.0986. The van der Waals surface area contributed by atoms with Crippen LogP contribution in [0.4, 0.5) is 5.95 Å². The number of aryl methyl sites for hydroxylation is 1. The molecule has 3 aromatic rings. The van der Waals surface area contributed by atoms with E-state index in [1.807, 2.05) is 28.8 Å². The normalized spacial score (nSPS) is 11.4. The van der Waals surface area contributed by atoms with Gasteiger partial charge in [-0.1, -0.05) is 31.1 Å². The number of likely N-dealkylation sites (N-methyl/N-ethyl adjacent to an activating group) is 1. The fourth-order valence-corrected chi connectivity index (χ4v) is 2.81. The Morgan fingerprint density at radius 1 is 1.28 bits per heavy atom. The minimum atomic E-state index is -0.347. The zero-order chi connectivity index (χ0) is 17.8. The summed E-state index contributed by atoms with van der Waals surface area (Å²) in [7, 11) is 0. The monoisotopic (exact) mass is 341 g/mol. The van der Waals surface area contributed by atoms with Crippen LogP contribution in [0.1, 0.15) is 30.1 Å². The highest BCUT2D eigenvalue weighted by atomic mass is 16.5. The van der Waals surface area contributed by atoms with Gasteiger partial charge in [-0.25, -0.2) is 4.98 Å². The van der Waals surface area contributed by atoms with Crippen LogP contribution in [0.5, 0.6) is 0 Å². The Morgan fingerprint density at radius 2 is 2.04 bits per heavy atom. The Bertz CT molecular complexity index is 863. The SMILES string of the molecule is CCN(CC)CCn1c(NC(=O)c2cc(C)no2)nc2ccccc21. The van der Waals surface area contributed by atoms with Gasteiger partial charge in [-0.15, -0.1) is 0 Å². The zero-order valence-corrected chi connectivity index (χ0v) is 14.8. The molecule has 0 aliphatic rings. The summed E-state index contributed by atoms with van der Waals surface area (Å²) in [6.07, 6.45) is 0. The molecule has 0 unspecified atom stereocenters. The van der Waals surface area contributed by atoms with E-state index in [9.17, 15) is 4.79 Å². The molecule has 0 bridgehead atoms. The number of nitrogens with zero attached hydrogens (tertiary/aromatic N) is 4. The molecule has 132 valence electrons. The van der Waals surface area contributed by atoms with Gasteiger partial charge in [0.2, 0.25) is 11.7 Å². The molecule has 1 amide bonds. The number of imidazole rings is 1. The molecule has 3 rings (SSSR count). The van der Waals surface area contributed by atoms with Gasteiger partial charge in [0.1, 0.15) is 0 Å². The second-order valence-electron chi connectivity index (χ2n) is 5.89. The van der Waals surface area contributed by atoms with E-state index in [0.29, 0.717) is 11.6 Å². The average molecular weight is 341 g/mol.